The zero-order valence-corrected chi connectivity index (χ0v) is 12.5. The minimum atomic E-state index is -0.247. The van der Waals surface area contributed by atoms with Gasteiger partial charge in [0, 0.05) is 39.3 Å². The molecule has 6 heteroatoms. The first-order valence-corrected chi connectivity index (χ1v) is 7.29. The molecule has 0 aromatic heterocycles. The van der Waals surface area contributed by atoms with Gasteiger partial charge in [-0.15, -0.1) is 0 Å². The average Bonchev–Trinajstić information content (AvgIpc) is 2.51. The van der Waals surface area contributed by atoms with E-state index in [1.807, 2.05) is 30.3 Å². The maximum Gasteiger partial charge on any atom is 0.320 e. The van der Waals surface area contributed by atoms with Gasteiger partial charge in [0.15, 0.2) is 0 Å². The lowest BCUT2D eigenvalue weighted by Crippen LogP contribution is -2.39. The predicted octanol–water partition coefficient (Wildman–Crippen LogP) is -0.461. The Kier molecular flexibility index (Phi) is 9.39. The number of ether oxygens (including phenoxy) is 1. The van der Waals surface area contributed by atoms with Crippen molar-refractivity contribution in [3.63, 3.8) is 0 Å². The molecule has 21 heavy (non-hydrogen) atoms. The molecule has 0 fully saturated rings. The fourth-order valence-electron chi connectivity index (χ4n) is 1.92. The number of hydrogen-bond donors (Lipinski definition) is 3. The molecule has 0 aliphatic rings. The van der Waals surface area contributed by atoms with Crippen molar-refractivity contribution in [2.75, 3.05) is 45.8 Å². The van der Waals surface area contributed by atoms with Gasteiger partial charge in [0.05, 0.1) is 6.54 Å². The fourth-order valence-corrected chi connectivity index (χ4v) is 1.92. The molecule has 0 unspecified atom stereocenters. The Morgan fingerprint density at radius 3 is 2.38 bits per heavy atom. The van der Waals surface area contributed by atoms with Crippen LogP contribution < -0.4 is 16.8 Å². The van der Waals surface area contributed by atoms with Crippen LogP contribution in [0.5, 0.6) is 0 Å². The van der Waals surface area contributed by atoms with Crippen molar-refractivity contribution in [3.8, 4) is 0 Å². The van der Waals surface area contributed by atoms with E-state index in [9.17, 15) is 4.79 Å². The van der Waals surface area contributed by atoms with Crippen LogP contribution in [0.15, 0.2) is 30.3 Å². The zero-order chi connectivity index (χ0) is 15.3. The second-order valence-corrected chi connectivity index (χ2v) is 4.74. The molecule has 0 saturated heterocycles. The van der Waals surface area contributed by atoms with Gasteiger partial charge in [-0.3, -0.25) is 9.69 Å². The van der Waals surface area contributed by atoms with Gasteiger partial charge in [-0.1, -0.05) is 30.3 Å². The Bertz CT molecular complexity index is 381. The second kappa shape index (κ2) is 11.2. The lowest BCUT2D eigenvalue weighted by Gasteiger charge is -2.20. The Morgan fingerprint density at radius 2 is 1.76 bits per heavy atom. The second-order valence-electron chi connectivity index (χ2n) is 4.74. The van der Waals surface area contributed by atoms with Gasteiger partial charge in [-0.2, -0.15) is 0 Å². The molecule has 0 amide bonds. The molecule has 1 aromatic rings. The topological polar surface area (TPSA) is 93.6 Å². The highest BCUT2D eigenvalue weighted by Crippen LogP contribution is 2.00. The minimum absolute atomic E-state index is 0.214. The number of hydrogen-bond acceptors (Lipinski definition) is 6. The molecule has 0 atom stereocenters. The number of carbonyl (C=O) groups is 1. The molecule has 5 N–H and O–H groups in total. The van der Waals surface area contributed by atoms with Gasteiger partial charge >= 0.3 is 5.97 Å². The van der Waals surface area contributed by atoms with Gasteiger partial charge in [0.2, 0.25) is 0 Å². The molecule has 0 saturated carbocycles. The quantitative estimate of drug-likeness (QED) is 0.378. The van der Waals surface area contributed by atoms with Crippen LogP contribution in [0, 0.1) is 0 Å². The van der Waals surface area contributed by atoms with Crippen molar-refractivity contribution in [2.45, 2.75) is 6.61 Å². The SMILES string of the molecule is NCCN(CCN)CCNCC(=O)OCc1ccccc1. The van der Waals surface area contributed by atoms with Crippen molar-refractivity contribution in [2.24, 2.45) is 11.5 Å². The maximum atomic E-state index is 11.6. The van der Waals surface area contributed by atoms with E-state index in [1.165, 1.54) is 0 Å². The Hall–Kier alpha value is -1.47. The summed E-state index contributed by atoms with van der Waals surface area (Å²) in [5, 5.41) is 3.07. The van der Waals surface area contributed by atoms with Crippen LogP contribution in [0.25, 0.3) is 0 Å². The summed E-state index contributed by atoms with van der Waals surface area (Å²) in [6, 6.07) is 9.63. The average molecular weight is 294 g/mol. The zero-order valence-electron chi connectivity index (χ0n) is 12.5. The number of nitrogens with zero attached hydrogens (tertiary/aromatic N) is 1. The van der Waals surface area contributed by atoms with Crippen LogP contribution in [0.3, 0.4) is 0 Å². The Balaban J connectivity index is 2.10. The Labute approximate surface area is 126 Å². The predicted molar refractivity (Wildman–Crippen MR) is 83.7 cm³/mol. The largest absolute Gasteiger partial charge is 0.460 e. The van der Waals surface area contributed by atoms with Gasteiger partial charge in [-0.25, -0.2) is 0 Å². The molecule has 0 spiro atoms. The molecule has 0 radical (unpaired) electrons. The lowest BCUT2D eigenvalue weighted by molar-refractivity contribution is -0.143. The van der Waals surface area contributed by atoms with E-state index in [-0.39, 0.29) is 12.5 Å². The third kappa shape index (κ3) is 8.41. The molecule has 6 nitrogen and oxygen atoms in total. The van der Waals surface area contributed by atoms with Crippen LogP contribution >= 0.6 is 0 Å². The molecule has 0 bridgehead atoms. The van der Waals surface area contributed by atoms with Crippen LogP contribution in [-0.2, 0) is 16.1 Å². The molecule has 118 valence electrons. The smallest absolute Gasteiger partial charge is 0.320 e. The van der Waals surface area contributed by atoms with Crippen molar-refractivity contribution in [3.05, 3.63) is 35.9 Å². The normalized spacial score (nSPS) is 10.8. The van der Waals surface area contributed by atoms with E-state index < -0.39 is 0 Å². The third-order valence-electron chi connectivity index (χ3n) is 3.01. The molecular formula is C15H26N4O2. The highest BCUT2D eigenvalue weighted by atomic mass is 16.5. The summed E-state index contributed by atoms with van der Waals surface area (Å²) in [6.45, 7) is 4.91. The first-order valence-electron chi connectivity index (χ1n) is 7.29. The monoisotopic (exact) mass is 294 g/mol. The number of rotatable bonds is 11. The maximum absolute atomic E-state index is 11.6. The van der Waals surface area contributed by atoms with Crippen LogP contribution in [0.4, 0.5) is 0 Å². The summed E-state index contributed by atoms with van der Waals surface area (Å²) in [5.74, 6) is -0.247. The van der Waals surface area contributed by atoms with E-state index in [1.54, 1.807) is 0 Å². The van der Waals surface area contributed by atoms with Crippen LogP contribution in [0.2, 0.25) is 0 Å². The van der Waals surface area contributed by atoms with Gasteiger partial charge < -0.3 is 21.5 Å². The van der Waals surface area contributed by atoms with E-state index in [2.05, 4.69) is 10.2 Å². The molecule has 0 aliphatic carbocycles. The van der Waals surface area contributed by atoms with Crippen molar-refractivity contribution in [1.82, 2.24) is 10.2 Å². The van der Waals surface area contributed by atoms with E-state index in [0.29, 0.717) is 26.2 Å². The summed E-state index contributed by atoms with van der Waals surface area (Å²) in [7, 11) is 0. The van der Waals surface area contributed by atoms with E-state index >= 15 is 0 Å². The molecule has 0 aliphatic heterocycles. The standard InChI is InChI=1S/C15H26N4O2/c16-6-9-19(10-7-17)11-8-18-12-15(20)21-13-14-4-2-1-3-5-14/h1-5,18H,6-13,16-17H2. The van der Waals surface area contributed by atoms with Gasteiger partial charge in [0.1, 0.15) is 6.61 Å². The van der Waals surface area contributed by atoms with Crippen molar-refractivity contribution >= 4 is 5.97 Å². The molecular weight excluding hydrogens is 268 g/mol. The number of nitrogens with one attached hydrogen (secondary N) is 1. The number of benzene rings is 1. The van der Waals surface area contributed by atoms with Crippen LogP contribution in [-0.4, -0.2) is 56.7 Å². The molecule has 0 heterocycles. The van der Waals surface area contributed by atoms with Gasteiger partial charge in [-0.05, 0) is 5.56 Å². The van der Waals surface area contributed by atoms with E-state index in [4.69, 9.17) is 16.2 Å². The summed E-state index contributed by atoms with van der Waals surface area (Å²) in [5.41, 5.74) is 12.0. The first-order chi connectivity index (χ1) is 10.3. The number of nitrogens with two attached hydrogens (primary N) is 2. The van der Waals surface area contributed by atoms with Crippen LogP contribution in [0.1, 0.15) is 5.56 Å². The van der Waals surface area contributed by atoms with Gasteiger partial charge in [0.25, 0.3) is 0 Å². The highest BCUT2D eigenvalue weighted by molar-refractivity contribution is 5.71. The lowest BCUT2D eigenvalue weighted by atomic mass is 10.2. The summed E-state index contributed by atoms with van der Waals surface area (Å²) < 4.78 is 5.18. The number of carbonyl (C=O) groups excluding carboxylic acids is 1. The third-order valence-corrected chi connectivity index (χ3v) is 3.01. The molecule has 1 aromatic carbocycles. The molecule has 1 rings (SSSR count). The van der Waals surface area contributed by atoms with E-state index in [0.717, 1.165) is 25.2 Å². The summed E-state index contributed by atoms with van der Waals surface area (Å²) >= 11 is 0. The summed E-state index contributed by atoms with van der Waals surface area (Å²) in [4.78, 5) is 13.7. The Morgan fingerprint density at radius 1 is 1.10 bits per heavy atom. The minimum Gasteiger partial charge on any atom is -0.460 e. The highest BCUT2D eigenvalue weighted by Gasteiger charge is 2.05. The first kappa shape index (κ1) is 17.6. The summed E-state index contributed by atoms with van der Waals surface area (Å²) in [6.07, 6.45) is 0. The van der Waals surface area contributed by atoms with Crippen molar-refractivity contribution in [1.29, 1.82) is 0 Å². The van der Waals surface area contributed by atoms with Crippen molar-refractivity contribution < 1.29 is 9.53 Å². The fraction of sp³-hybridized carbons (Fsp3) is 0.533. The number of esters is 1.